The summed E-state index contributed by atoms with van der Waals surface area (Å²) in [7, 11) is 0. The first kappa shape index (κ1) is 17.9. The van der Waals surface area contributed by atoms with Gasteiger partial charge in [-0.25, -0.2) is 0 Å². The number of hydrogen-bond donors (Lipinski definition) is 1. The monoisotopic (exact) mass is 360 g/mol. The van der Waals surface area contributed by atoms with Crippen molar-refractivity contribution in [3.05, 3.63) is 11.6 Å². The Morgan fingerprint density at radius 3 is 2.54 bits per heavy atom. The highest BCUT2D eigenvalue weighted by Crippen LogP contribution is 2.35. The Morgan fingerprint density at radius 1 is 1.15 bits per heavy atom. The number of piperidine rings is 1. The molecule has 3 aliphatic rings. The maximum atomic E-state index is 11.8. The summed E-state index contributed by atoms with van der Waals surface area (Å²) in [5, 5.41) is 8.99. The van der Waals surface area contributed by atoms with Crippen molar-refractivity contribution in [2.24, 2.45) is 11.7 Å². The summed E-state index contributed by atoms with van der Waals surface area (Å²) in [6.07, 6.45) is 6.22. The van der Waals surface area contributed by atoms with Gasteiger partial charge in [-0.1, -0.05) is 0 Å². The summed E-state index contributed by atoms with van der Waals surface area (Å²) in [6.45, 7) is 8.09. The van der Waals surface area contributed by atoms with Crippen LogP contribution in [0, 0.1) is 5.92 Å². The van der Waals surface area contributed by atoms with Crippen LogP contribution in [0.4, 0.5) is 0 Å². The van der Waals surface area contributed by atoms with Crippen molar-refractivity contribution in [2.45, 2.75) is 70.5 Å². The number of aromatic nitrogens is 3. The van der Waals surface area contributed by atoms with E-state index in [9.17, 15) is 4.79 Å². The zero-order valence-electron chi connectivity index (χ0n) is 15.9. The topological polar surface area (TPSA) is 80.3 Å². The van der Waals surface area contributed by atoms with Crippen LogP contribution in [-0.4, -0.2) is 62.7 Å². The fraction of sp³-hybridized carbons (Fsp3) is 0.842. The van der Waals surface area contributed by atoms with Gasteiger partial charge in [0.25, 0.3) is 0 Å². The summed E-state index contributed by atoms with van der Waals surface area (Å²) in [5.74, 6) is 3.73. The van der Waals surface area contributed by atoms with Crippen molar-refractivity contribution in [3.63, 3.8) is 0 Å². The normalized spacial score (nSPS) is 27.9. The molecule has 0 unspecified atom stereocenters. The molecular formula is C19H32N6O. The standard InChI is InChI=1S/C19H32N6O/c1-2-25-17(21-22-19(25)15-10-16(20)11-15)13-23-8-5-14(6-9-23)12-24-7-3-4-18(24)26/h14-16H,2-13,20H2,1H3. The van der Waals surface area contributed by atoms with E-state index in [4.69, 9.17) is 5.73 Å². The Hall–Kier alpha value is -1.47. The highest BCUT2D eigenvalue weighted by molar-refractivity contribution is 5.78. The lowest BCUT2D eigenvalue weighted by atomic mass is 9.80. The molecule has 1 aromatic rings. The Balaban J connectivity index is 1.29. The quantitative estimate of drug-likeness (QED) is 0.828. The first-order valence-electron chi connectivity index (χ1n) is 10.3. The number of rotatable bonds is 6. The summed E-state index contributed by atoms with van der Waals surface area (Å²) in [6, 6.07) is 0.340. The smallest absolute Gasteiger partial charge is 0.222 e. The molecule has 7 heteroatoms. The molecular weight excluding hydrogens is 328 g/mol. The number of hydrogen-bond acceptors (Lipinski definition) is 5. The number of carbonyl (C=O) groups is 1. The molecule has 7 nitrogen and oxygen atoms in total. The lowest BCUT2D eigenvalue weighted by Crippen LogP contribution is -2.39. The minimum atomic E-state index is 0.340. The van der Waals surface area contributed by atoms with Crippen LogP contribution < -0.4 is 5.73 Å². The van der Waals surface area contributed by atoms with Crippen molar-refractivity contribution < 1.29 is 4.79 Å². The van der Waals surface area contributed by atoms with Gasteiger partial charge in [0.2, 0.25) is 5.91 Å². The van der Waals surface area contributed by atoms with E-state index >= 15 is 0 Å². The average Bonchev–Trinajstić information content (AvgIpc) is 3.20. The van der Waals surface area contributed by atoms with Crippen LogP contribution in [0.25, 0.3) is 0 Å². The second-order valence-corrected chi connectivity index (χ2v) is 8.31. The minimum absolute atomic E-state index is 0.340. The summed E-state index contributed by atoms with van der Waals surface area (Å²) >= 11 is 0. The Labute approximate surface area is 155 Å². The lowest BCUT2D eigenvalue weighted by Gasteiger charge is -2.34. The minimum Gasteiger partial charge on any atom is -0.342 e. The number of amides is 1. The molecule has 1 saturated carbocycles. The van der Waals surface area contributed by atoms with Crippen molar-refractivity contribution >= 4 is 5.91 Å². The van der Waals surface area contributed by atoms with Crippen LogP contribution >= 0.6 is 0 Å². The van der Waals surface area contributed by atoms with Crippen LogP contribution in [0.15, 0.2) is 0 Å². The molecule has 0 atom stereocenters. The van der Waals surface area contributed by atoms with Crippen LogP contribution in [0.5, 0.6) is 0 Å². The van der Waals surface area contributed by atoms with Crippen LogP contribution in [-0.2, 0) is 17.9 Å². The lowest BCUT2D eigenvalue weighted by molar-refractivity contribution is -0.128. The molecule has 144 valence electrons. The van der Waals surface area contributed by atoms with Crippen molar-refractivity contribution in [1.82, 2.24) is 24.6 Å². The second kappa shape index (κ2) is 7.64. The summed E-state index contributed by atoms with van der Waals surface area (Å²) in [4.78, 5) is 16.4. The van der Waals surface area contributed by atoms with Gasteiger partial charge in [-0.05, 0) is 58.0 Å². The van der Waals surface area contributed by atoms with Gasteiger partial charge in [0.05, 0.1) is 6.54 Å². The van der Waals surface area contributed by atoms with Gasteiger partial charge in [-0.15, -0.1) is 10.2 Å². The molecule has 3 fully saturated rings. The molecule has 0 spiro atoms. The van der Waals surface area contributed by atoms with Gasteiger partial charge >= 0.3 is 0 Å². The number of carbonyl (C=O) groups excluding carboxylic acids is 1. The molecule has 3 heterocycles. The number of nitrogens with zero attached hydrogens (tertiary/aromatic N) is 5. The molecule has 0 aromatic carbocycles. The zero-order chi connectivity index (χ0) is 18.1. The highest BCUT2D eigenvalue weighted by Gasteiger charge is 2.32. The fourth-order valence-corrected chi connectivity index (χ4v) is 4.72. The number of likely N-dealkylation sites (tertiary alicyclic amines) is 2. The molecule has 1 aliphatic carbocycles. The molecule has 4 rings (SSSR count). The third-order valence-electron chi connectivity index (χ3n) is 6.43. The van der Waals surface area contributed by atoms with E-state index in [-0.39, 0.29) is 0 Å². The second-order valence-electron chi connectivity index (χ2n) is 8.31. The van der Waals surface area contributed by atoms with E-state index in [0.717, 1.165) is 76.6 Å². The Kier molecular flexibility index (Phi) is 5.27. The molecule has 2 N–H and O–H groups in total. The summed E-state index contributed by atoms with van der Waals surface area (Å²) < 4.78 is 2.30. The van der Waals surface area contributed by atoms with Crippen molar-refractivity contribution in [1.29, 1.82) is 0 Å². The average molecular weight is 361 g/mol. The fourth-order valence-electron chi connectivity index (χ4n) is 4.72. The first-order chi connectivity index (χ1) is 12.6. The zero-order valence-corrected chi connectivity index (χ0v) is 15.9. The largest absolute Gasteiger partial charge is 0.342 e. The number of nitrogens with two attached hydrogens (primary N) is 1. The third kappa shape index (κ3) is 3.64. The Morgan fingerprint density at radius 2 is 1.92 bits per heavy atom. The van der Waals surface area contributed by atoms with E-state index in [1.807, 2.05) is 0 Å². The van der Waals surface area contributed by atoms with Crippen LogP contribution in [0.2, 0.25) is 0 Å². The van der Waals surface area contributed by atoms with Gasteiger partial charge in [0, 0.05) is 38.0 Å². The molecule has 26 heavy (non-hydrogen) atoms. The predicted octanol–water partition coefficient (Wildman–Crippen LogP) is 1.34. The molecule has 2 saturated heterocycles. The van der Waals surface area contributed by atoms with Crippen LogP contribution in [0.3, 0.4) is 0 Å². The maximum absolute atomic E-state index is 11.8. The summed E-state index contributed by atoms with van der Waals surface area (Å²) in [5.41, 5.74) is 5.94. The van der Waals surface area contributed by atoms with Gasteiger partial charge < -0.3 is 15.2 Å². The van der Waals surface area contributed by atoms with E-state index in [1.54, 1.807) is 0 Å². The molecule has 1 amide bonds. The van der Waals surface area contributed by atoms with E-state index in [1.165, 1.54) is 12.8 Å². The van der Waals surface area contributed by atoms with Crippen molar-refractivity contribution in [2.75, 3.05) is 26.2 Å². The molecule has 1 aromatic heterocycles. The highest BCUT2D eigenvalue weighted by atomic mass is 16.2. The van der Waals surface area contributed by atoms with Gasteiger partial charge in [0.1, 0.15) is 11.6 Å². The molecule has 0 radical (unpaired) electrons. The van der Waals surface area contributed by atoms with Crippen molar-refractivity contribution in [3.8, 4) is 0 Å². The maximum Gasteiger partial charge on any atom is 0.222 e. The molecule has 2 aliphatic heterocycles. The SMILES string of the molecule is CCn1c(CN2CCC(CN3CCCC3=O)CC2)nnc1C1CC(N)C1. The first-order valence-corrected chi connectivity index (χ1v) is 10.3. The van der Waals surface area contributed by atoms with E-state index in [2.05, 4.69) is 31.5 Å². The van der Waals surface area contributed by atoms with Crippen LogP contribution in [0.1, 0.15) is 63.0 Å². The predicted molar refractivity (Wildman–Crippen MR) is 99.5 cm³/mol. The third-order valence-corrected chi connectivity index (χ3v) is 6.43. The van der Waals surface area contributed by atoms with Gasteiger partial charge in [0.15, 0.2) is 0 Å². The van der Waals surface area contributed by atoms with E-state index in [0.29, 0.717) is 23.8 Å². The molecule has 0 bridgehead atoms. The van der Waals surface area contributed by atoms with Gasteiger partial charge in [-0.3, -0.25) is 9.69 Å². The van der Waals surface area contributed by atoms with Gasteiger partial charge in [-0.2, -0.15) is 0 Å². The van der Waals surface area contributed by atoms with E-state index < -0.39 is 0 Å². The Bertz CT molecular complexity index is 630.